The molecule has 27 heavy (non-hydrogen) atoms. The highest BCUT2D eigenvalue weighted by Crippen LogP contribution is 2.52. The molecule has 4 rings (SSSR count). The summed E-state index contributed by atoms with van der Waals surface area (Å²) in [6.45, 7) is 20.5. The van der Waals surface area contributed by atoms with Gasteiger partial charge in [-0.25, -0.2) is 0 Å². The highest BCUT2D eigenvalue weighted by molar-refractivity contribution is 5.02. The van der Waals surface area contributed by atoms with Crippen molar-refractivity contribution < 1.29 is 0 Å². The topological polar surface area (TPSA) is 9.72 Å². The summed E-state index contributed by atoms with van der Waals surface area (Å²) in [5, 5.41) is 0. The first-order valence-electron chi connectivity index (χ1n) is 12.1. The molecule has 1 atom stereocenters. The maximum Gasteiger partial charge on any atom is 0.00971 e. The van der Waals surface area contributed by atoms with E-state index in [0.717, 1.165) is 23.3 Å². The van der Waals surface area contributed by atoms with Gasteiger partial charge in [0.2, 0.25) is 0 Å². The number of rotatable bonds is 8. The van der Waals surface area contributed by atoms with Crippen LogP contribution in [0.3, 0.4) is 0 Å². The molecule has 3 saturated heterocycles. The number of nitrogens with zero attached hydrogens (tertiary/aromatic N) is 3. The lowest BCUT2D eigenvalue weighted by Crippen LogP contribution is -2.59. The predicted octanol–water partition coefficient (Wildman–Crippen LogP) is 4.33. The van der Waals surface area contributed by atoms with E-state index < -0.39 is 0 Å². The average molecular weight is 376 g/mol. The van der Waals surface area contributed by atoms with Crippen molar-refractivity contribution in [2.45, 2.75) is 78.7 Å². The van der Waals surface area contributed by atoms with E-state index in [2.05, 4.69) is 42.4 Å². The fourth-order valence-corrected chi connectivity index (χ4v) is 6.28. The molecule has 3 nitrogen and oxygen atoms in total. The second-order valence-electron chi connectivity index (χ2n) is 11.4. The van der Waals surface area contributed by atoms with Gasteiger partial charge in [0.1, 0.15) is 0 Å². The summed E-state index contributed by atoms with van der Waals surface area (Å²) in [4.78, 5) is 8.31. The molecule has 4 fully saturated rings. The van der Waals surface area contributed by atoms with Gasteiger partial charge >= 0.3 is 0 Å². The summed E-state index contributed by atoms with van der Waals surface area (Å²) in [5.74, 6) is 1.88. The molecule has 0 aromatic carbocycles. The van der Waals surface area contributed by atoms with E-state index in [1.807, 2.05) is 0 Å². The van der Waals surface area contributed by atoms with Crippen LogP contribution in [0.5, 0.6) is 0 Å². The van der Waals surface area contributed by atoms with Crippen molar-refractivity contribution in [1.29, 1.82) is 0 Å². The zero-order valence-corrected chi connectivity index (χ0v) is 18.7. The van der Waals surface area contributed by atoms with Crippen LogP contribution in [0.25, 0.3) is 0 Å². The van der Waals surface area contributed by atoms with Crippen LogP contribution in [0.2, 0.25) is 0 Å². The third-order valence-electron chi connectivity index (χ3n) is 8.54. The molecule has 1 aliphatic carbocycles. The highest BCUT2D eigenvalue weighted by atomic mass is 15.3. The Morgan fingerprint density at radius 2 is 1.59 bits per heavy atom. The fraction of sp³-hybridized carbons (Fsp3) is 1.00. The van der Waals surface area contributed by atoms with Crippen molar-refractivity contribution in [3.8, 4) is 0 Å². The lowest BCUT2D eigenvalue weighted by molar-refractivity contribution is -0.0154. The van der Waals surface area contributed by atoms with E-state index in [1.165, 1.54) is 97.3 Å². The zero-order chi connectivity index (χ0) is 19.1. The molecule has 3 heterocycles. The zero-order valence-electron chi connectivity index (χ0n) is 18.7. The first-order chi connectivity index (χ1) is 12.9. The Morgan fingerprint density at radius 1 is 0.889 bits per heavy atom. The second kappa shape index (κ2) is 7.95. The van der Waals surface area contributed by atoms with Crippen LogP contribution < -0.4 is 0 Å². The van der Waals surface area contributed by atoms with E-state index in [1.54, 1.807) is 0 Å². The van der Waals surface area contributed by atoms with E-state index in [-0.39, 0.29) is 0 Å². The van der Waals surface area contributed by atoms with Gasteiger partial charge in [-0.2, -0.15) is 0 Å². The maximum atomic E-state index is 2.82. The highest BCUT2D eigenvalue weighted by Gasteiger charge is 2.48. The molecule has 0 bridgehead atoms. The molecule has 1 spiro atoms. The van der Waals surface area contributed by atoms with Crippen molar-refractivity contribution >= 4 is 0 Å². The van der Waals surface area contributed by atoms with Gasteiger partial charge in [0, 0.05) is 44.2 Å². The largest absolute Gasteiger partial charge is 0.303 e. The van der Waals surface area contributed by atoms with E-state index in [0.29, 0.717) is 5.41 Å². The predicted molar refractivity (Wildman–Crippen MR) is 115 cm³/mol. The van der Waals surface area contributed by atoms with Gasteiger partial charge in [-0.1, -0.05) is 20.3 Å². The Labute approximate surface area is 168 Å². The first kappa shape index (κ1) is 20.2. The van der Waals surface area contributed by atoms with Crippen LogP contribution in [0, 0.1) is 22.7 Å². The standard InChI is InChI=1S/C24H45N3/c1-5-21(4)14-23(8-9-23)16-25-11-6-22(7-12-25)15-26-13-10-24(17-26)18-27(19-24)20(2)3/h20-22H,5-19H2,1-4H3. The summed E-state index contributed by atoms with van der Waals surface area (Å²) in [6.07, 6.45) is 10.2. The van der Waals surface area contributed by atoms with E-state index in [4.69, 9.17) is 0 Å². The molecule has 0 N–H and O–H groups in total. The minimum atomic E-state index is 0.666. The molecule has 3 heteroatoms. The average Bonchev–Trinajstić information content (AvgIpc) is 3.22. The van der Waals surface area contributed by atoms with Crippen LogP contribution in [0.1, 0.15) is 72.6 Å². The summed E-state index contributed by atoms with van der Waals surface area (Å²) in [6, 6.07) is 0.740. The van der Waals surface area contributed by atoms with Crippen LogP contribution in [-0.2, 0) is 0 Å². The summed E-state index contributed by atoms with van der Waals surface area (Å²) in [7, 11) is 0. The van der Waals surface area contributed by atoms with Crippen molar-refractivity contribution in [2.75, 3.05) is 52.4 Å². The number of hydrogen-bond acceptors (Lipinski definition) is 3. The van der Waals surface area contributed by atoms with Gasteiger partial charge in [-0.3, -0.25) is 4.90 Å². The van der Waals surface area contributed by atoms with Crippen LogP contribution in [-0.4, -0.2) is 73.1 Å². The third-order valence-corrected chi connectivity index (χ3v) is 8.54. The van der Waals surface area contributed by atoms with Crippen molar-refractivity contribution in [3.05, 3.63) is 0 Å². The molecule has 0 radical (unpaired) electrons. The SMILES string of the molecule is CCC(C)CC1(CN2CCC(CN3CCC4(C3)CN(C(C)C)C4)CC2)CC1. The first-order valence-corrected chi connectivity index (χ1v) is 12.1. The maximum absolute atomic E-state index is 2.82. The lowest BCUT2D eigenvalue weighted by Gasteiger charge is -2.50. The van der Waals surface area contributed by atoms with Crippen LogP contribution in [0.15, 0.2) is 0 Å². The van der Waals surface area contributed by atoms with Gasteiger partial charge in [-0.05, 0) is 89.3 Å². The van der Waals surface area contributed by atoms with E-state index >= 15 is 0 Å². The number of hydrogen-bond donors (Lipinski definition) is 0. The van der Waals surface area contributed by atoms with Crippen LogP contribution >= 0.6 is 0 Å². The normalized spacial score (nSPS) is 30.1. The minimum absolute atomic E-state index is 0.666. The Bertz CT molecular complexity index is 484. The Kier molecular flexibility index (Phi) is 5.94. The quantitative estimate of drug-likeness (QED) is 0.625. The molecule has 4 aliphatic rings. The third kappa shape index (κ3) is 4.73. The molecular weight excluding hydrogens is 330 g/mol. The van der Waals surface area contributed by atoms with Gasteiger partial charge in [0.15, 0.2) is 0 Å². The Balaban J connectivity index is 1.16. The fourth-order valence-electron chi connectivity index (χ4n) is 6.28. The molecule has 0 aromatic rings. The van der Waals surface area contributed by atoms with Gasteiger partial charge in [0.05, 0.1) is 0 Å². The molecule has 0 amide bonds. The molecule has 1 saturated carbocycles. The summed E-state index contributed by atoms with van der Waals surface area (Å²) in [5.41, 5.74) is 1.38. The van der Waals surface area contributed by atoms with E-state index in [9.17, 15) is 0 Å². The summed E-state index contributed by atoms with van der Waals surface area (Å²) < 4.78 is 0. The van der Waals surface area contributed by atoms with Crippen molar-refractivity contribution in [2.24, 2.45) is 22.7 Å². The minimum Gasteiger partial charge on any atom is -0.303 e. The van der Waals surface area contributed by atoms with Gasteiger partial charge in [0.25, 0.3) is 0 Å². The molecular formula is C24H45N3. The van der Waals surface area contributed by atoms with Gasteiger partial charge < -0.3 is 9.80 Å². The second-order valence-corrected chi connectivity index (χ2v) is 11.4. The number of piperidine rings is 1. The number of likely N-dealkylation sites (tertiary alicyclic amines) is 3. The van der Waals surface area contributed by atoms with Crippen molar-refractivity contribution in [3.63, 3.8) is 0 Å². The lowest BCUT2D eigenvalue weighted by atomic mass is 9.78. The molecule has 3 aliphatic heterocycles. The van der Waals surface area contributed by atoms with Gasteiger partial charge in [-0.15, -0.1) is 0 Å². The molecule has 156 valence electrons. The molecule has 0 aromatic heterocycles. The van der Waals surface area contributed by atoms with Crippen LogP contribution in [0.4, 0.5) is 0 Å². The molecule has 1 unspecified atom stereocenters. The summed E-state index contributed by atoms with van der Waals surface area (Å²) >= 11 is 0. The monoisotopic (exact) mass is 375 g/mol. The van der Waals surface area contributed by atoms with Crippen molar-refractivity contribution in [1.82, 2.24) is 14.7 Å². The smallest absolute Gasteiger partial charge is 0.00971 e. The Hall–Kier alpha value is -0.120. The Morgan fingerprint density at radius 3 is 2.19 bits per heavy atom.